The first-order valence-electron chi connectivity index (χ1n) is 6.01. The number of rotatable bonds is 1. The van der Waals surface area contributed by atoms with E-state index in [1.807, 2.05) is 32.2 Å². The number of hydrogen-bond acceptors (Lipinski definition) is 7. The van der Waals surface area contributed by atoms with Crippen LogP contribution >= 0.6 is 0 Å². The van der Waals surface area contributed by atoms with Crippen LogP contribution in [-0.2, 0) is 0 Å². The van der Waals surface area contributed by atoms with Gasteiger partial charge in [0.25, 0.3) is 0 Å². The molecule has 3 N–H and O–H groups in total. The molecule has 0 spiro atoms. The predicted molar refractivity (Wildman–Crippen MR) is 72.7 cm³/mol. The summed E-state index contributed by atoms with van der Waals surface area (Å²) in [5.41, 5.74) is 0.875. The number of guanidine groups is 2. The highest BCUT2D eigenvalue weighted by Crippen LogP contribution is 2.34. The lowest BCUT2D eigenvalue weighted by Gasteiger charge is -2.19. The van der Waals surface area contributed by atoms with Gasteiger partial charge in [-0.05, 0) is 19.1 Å². The van der Waals surface area contributed by atoms with Crippen LogP contribution < -0.4 is 25.4 Å². The topological polar surface area (TPSA) is 79.3 Å². The number of nitrogens with zero attached hydrogens (tertiary/aromatic N) is 2. The van der Waals surface area contributed by atoms with Gasteiger partial charge in [-0.2, -0.15) is 0 Å². The Morgan fingerprint density at radius 2 is 2.00 bits per heavy atom. The minimum Gasteiger partial charge on any atom is -0.454 e. The lowest BCUT2D eigenvalue weighted by atomic mass is 10.3. The molecule has 100 valence electrons. The molecule has 0 saturated carbocycles. The molecule has 2 heterocycles. The summed E-state index contributed by atoms with van der Waals surface area (Å²) in [6, 6.07) is 5.65. The quantitative estimate of drug-likeness (QED) is 0.694. The lowest BCUT2D eigenvalue weighted by molar-refractivity contribution is 0.174. The molecule has 2 aliphatic heterocycles. The molecule has 7 heteroatoms. The highest BCUT2D eigenvalue weighted by Gasteiger charge is 2.16. The van der Waals surface area contributed by atoms with Crippen molar-refractivity contribution < 1.29 is 9.47 Å². The number of ether oxygens (including phenoxy) is 2. The van der Waals surface area contributed by atoms with E-state index in [4.69, 9.17) is 9.47 Å². The van der Waals surface area contributed by atoms with Crippen molar-refractivity contribution in [3.8, 4) is 11.5 Å². The number of fused-ring (bicyclic) bond motifs is 1. The molecule has 19 heavy (non-hydrogen) atoms. The van der Waals surface area contributed by atoms with Gasteiger partial charge in [-0.1, -0.05) is 0 Å². The van der Waals surface area contributed by atoms with Crippen LogP contribution in [0, 0.1) is 0 Å². The van der Waals surface area contributed by atoms with Crippen LogP contribution in [0.2, 0.25) is 0 Å². The van der Waals surface area contributed by atoms with Crippen LogP contribution in [0.25, 0.3) is 0 Å². The Balaban J connectivity index is 1.75. The first kappa shape index (κ1) is 11.6. The fourth-order valence-corrected chi connectivity index (χ4v) is 1.88. The molecule has 0 fully saturated rings. The molecule has 0 bridgehead atoms. The standard InChI is InChI=1S/C12H15N5O2/c1-7-14-11(13-2)17-12(15-7)16-8-3-4-9-10(5-8)19-6-18-9/h3-5,7H,6H2,1-2H3,(H3,13,14,15,16,17). The van der Waals surface area contributed by atoms with E-state index in [-0.39, 0.29) is 13.0 Å². The van der Waals surface area contributed by atoms with E-state index in [0.717, 1.165) is 17.2 Å². The lowest BCUT2D eigenvalue weighted by Crippen LogP contribution is -2.46. The number of hydrogen-bond donors (Lipinski definition) is 3. The highest BCUT2D eigenvalue weighted by atomic mass is 16.7. The van der Waals surface area contributed by atoms with Gasteiger partial charge in [0.1, 0.15) is 6.17 Å². The summed E-state index contributed by atoms with van der Waals surface area (Å²) in [7, 11) is 1.81. The van der Waals surface area contributed by atoms with Crippen LogP contribution in [0.4, 0.5) is 5.69 Å². The average molecular weight is 261 g/mol. The van der Waals surface area contributed by atoms with Crippen molar-refractivity contribution in [1.29, 1.82) is 0 Å². The van der Waals surface area contributed by atoms with Gasteiger partial charge in [-0.3, -0.25) is 5.32 Å². The number of anilines is 1. The summed E-state index contributed by atoms with van der Waals surface area (Å²) in [5.74, 6) is 2.82. The van der Waals surface area contributed by atoms with Gasteiger partial charge in [-0.15, -0.1) is 0 Å². The normalized spacial score (nSPS) is 20.2. The van der Waals surface area contributed by atoms with E-state index in [2.05, 4.69) is 25.9 Å². The van der Waals surface area contributed by atoms with Gasteiger partial charge in [0.2, 0.25) is 12.8 Å². The van der Waals surface area contributed by atoms with E-state index in [0.29, 0.717) is 11.9 Å². The largest absolute Gasteiger partial charge is 0.454 e. The third-order valence-electron chi connectivity index (χ3n) is 2.74. The maximum absolute atomic E-state index is 5.33. The zero-order valence-electron chi connectivity index (χ0n) is 10.7. The van der Waals surface area contributed by atoms with Crippen molar-refractivity contribution in [2.24, 2.45) is 9.98 Å². The highest BCUT2D eigenvalue weighted by molar-refractivity contribution is 6.06. The van der Waals surface area contributed by atoms with Crippen molar-refractivity contribution in [2.75, 3.05) is 19.2 Å². The molecule has 0 aliphatic carbocycles. The summed E-state index contributed by atoms with van der Waals surface area (Å²) in [6.45, 7) is 2.19. The number of aliphatic imine (C=N–C) groups is 2. The summed E-state index contributed by atoms with van der Waals surface area (Å²) in [5, 5.41) is 9.21. The minimum atomic E-state index is -0.125. The molecule has 0 saturated heterocycles. The van der Waals surface area contributed by atoms with E-state index >= 15 is 0 Å². The van der Waals surface area contributed by atoms with Gasteiger partial charge in [0.15, 0.2) is 17.5 Å². The molecule has 1 unspecified atom stereocenters. The first-order valence-corrected chi connectivity index (χ1v) is 6.01. The summed E-state index contributed by atoms with van der Waals surface area (Å²) < 4.78 is 10.6. The molecule has 3 rings (SSSR count). The van der Waals surface area contributed by atoms with Gasteiger partial charge >= 0.3 is 0 Å². The van der Waals surface area contributed by atoms with E-state index in [9.17, 15) is 0 Å². The van der Waals surface area contributed by atoms with E-state index in [1.165, 1.54) is 0 Å². The fraction of sp³-hybridized carbons (Fsp3) is 0.333. The Labute approximate surface area is 110 Å². The maximum atomic E-state index is 5.33. The molecule has 0 amide bonds. The third kappa shape index (κ3) is 2.40. The van der Waals surface area contributed by atoms with Crippen LogP contribution in [0.15, 0.2) is 28.2 Å². The Bertz CT molecular complexity index is 555. The molecular weight excluding hydrogens is 246 g/mol. The molecular formula is C12H15N5O2. The fourth-order valence-electron chi connectivity index (χ4n) is 1.88. The van der Waals surface area contributed by atoms with Crippen LogP contribution in [0.1, 0.15) is 6.92 Å². The summed E-state index contributed by atoms with van der Waals surface area (Å²) in [6.07, 6.45) is -0.125. The predicted octanol–water partition coefficient (Wildman–Crippen LogP) is 0.708. The smallest absolute Gasteiger partial charge is 0.231 e. The van der Waals surface area contributed by atoms with E-state index < -0.39 is 0 Å². The van der Waals surface area contributed by atoms with Crippen molar-refractivity contribution in [3.05, 3.63) is 18.2 Å². The average Bonchev–Trinajstić information content (AvgIpc) is 2.85. The third-order valence-corrected chi connectivity index (χ3v) is 2.74. The van der Waals surface area contributed by atoms with Crippen molar-refractivity contribution >= 4 is 17.6 Å². The van der Waals surface area contributed by atoms with Gasteiger partial charge in [0, 0.05) is 18.8 Å². The summed E-state index contributed by atoms with van der Waals surface area (Å²) >= 11 is 0. The number of nitrogens with one attached hydrogen (secondary N) is 3. The van der Waals surface area contributed by atoms with Crippen molar-refractivity contribution in [3.63, 3.8) is 0 Å². The Morgan fingerprint density at radius 3 is 2.84 bits per heavy atom. The Morgan fingerprint density at radius 1 is 1.21 bits per heavy atom. The summed E-state index contributed by atoms with van der Waals surface area (Å²) in [4.78, 5) is 8.64. The zero-order chi connectivity index (χ0) is 13.2. The van der Waals surface area contributed by atoms with Crippen LogP contribution in [0.3, 0.4) is 0 Å². The van der Waals surface area contributed by atoms with Crippen LogP contribution in [0.5, 0.6) is 11.5 Å². The van der Waals surface area contributed by atoms with Crippen molar-refractivity contribution in [1.82, 2.24) is 10.6 Å². The molecule has 2 aliphatic rings. The van der Waals surface area contributed by atoms with Crippen molar-refractivity contribution in [2.45, 2.75) is 13.1 Å². The SMILES string of the molecule is CNC1=NC(C)N=C(Nc2ccc3c(c2)OCO3)N1. The second kappa shape index (κ2) is 4.68. The zero-order valence-corrected chi connectivity index (χ0v) is 10.7. The van der Waals surface area contributed by atoms with Gasteiger partial charge in [-0.25, -0.2) is 9.98 Å². The maximum Gasteiger partial charge on any atom is 0.231 e. The monoisotopic (exact) mass is 261 g/mol. The van der Waals surface area contributed by atoms with E-state index in [1.54, 1.807) is 0 Å². The minimum absolute atomic E-state index is 0.125. The van der Waals surface area contributed by atoms with Gasteiger partial charge < -0.3 is 20.1 Å². The molecule has 0 aromatic heterocycles. The molecule has 7 nitrogen and oxygen atoms in total. The molecule has 0 radical (unpaired) electrons. The van der Waals surface area contributed by atoms with Crippen LogP contribution in [-0.4, -0.2) is 31.9 Å². The first-order chi connectivity index (χ1) is 9.24. The van der Waals surface area contributed by atoms with Gasteiger partial charge in [0.05, 0.1) is 0 Å². The Hall–Kier alpha value is -2.44. The molecule has 1 atom stereocenters. The molecule has 1 aromatic rings. The molecule has 1 aromatic carbocycles. The second-order valence-electron chi connectivity index (χ2n) is 4.16. The second-order valence-corrected chi connectivity index (χ2v) is 4.16. The number of benzene rings is 1. The Kier molecular flexibility index (Phi) is 2.86.